The summed E-state index contributed by atoms with van der Waals surface area (Å²) >= 11 is 5.84. The Morgan fingerprint density at radius 3 is 2.42 bits per heavy atom. The standard InChI is InChI=1S/C17H20ClN5O/c1-22-8-10-23(11-9-22)16-7-6-15(20-21-16)19-17(24)12-13-2-4-14(18)5-3-13/h2-7H,8-12H2,1H3,(H,19,20,24). The van der Waals surface area contributed by atoms with Crippen molar-refractivity contribution < 1.29 is 4.79 Å². The van der Waals surface area contributed by atoms with Crippen molar-refractivity contribution in [3.63, 3.8) is 0 Å². The number of likely N-dealkylation sites (N-methyl/N-ethyl adjacent to an activating group) is 1. The van der Waals surface area contributed by atoms with E-state index in [4.69, 9.17) is 11.6 Å². The number of halogens is 1. The van der Waals surface area contributed by atoms with Crippen molar-refractivity contribution in [3.05, 3.63) is 47.0 Å². The van der Waals surface area contributed by atoms with Crippen LogP contribution in [-0.4, -0.2) is 54.2 Å². The first kappa shape index (κ1) is 16.7. The van der Waals surface area contributed by atoms with Crippen molar-refractivity contribution in [2.45, 2.75) is 6.42 Å². The lowest BCUT2D eigenvalue weighted by Gasteiger charge is -2.32. The zero-order chi connectivity index (χ0) is 16.9. The molecule has 0 unspecified atom stereocenters. The van der Waals surface area contributed by atoms with E-state index >= 15 is 0 Å². The van der Waals surface area contributed by atoms with Crippen LogP contribution in [0.25, 0.3) is 0 Å². The quantitative estimate of drug-likeness (QED) is 0.919. The summed E-state index contributed by atoms with van der Waals surface area (Å²) in [6, 6.07) is 10.9. The highest BCUT2D eigenvalue weighted by molar-refractivity contribution is 6.30. The Labute approximate surface area is 146 Å². The Morgan fingerprint density at radius 1 is 1.08 bits per heavy atom. The fourth-order valence-electron chi connectivity index (χ4n) is 2.57. The minimum atomic E-state index is -0.126. The van der Waals surface area contributed by atoms with E-state index in [1.165, 1.54) is 0 Å². The number of nitrogens with one attached hydrogen (secondary N) is 1. The van der Waals surface area contributed by atoms with E-state index in [9.17, 15) is 4.79 Å². The maximum Gasteiger partial charge on any atom is 0.229 e. The number of carbonyl (C=O) groups is 1. The zero-order valence-electron chi connectivity index (χ0n) is 13.6. The molecular formula is C17H20ClN5O. The lowest BCUT2D eigenvalue weighted by atomic mass is 10.1. The summed E-state index contributed by atoms with van der Waals surface area (Å²) in [7, 11) is 2.11. The fourth-order valence-corrected chi connectivity index (χ4v) is 2.70. The topological polar surface area (TPSA) is 61.4 Å². The predicted molar refractivity (Wildman–Crippen MR) is 95.5 cm³/mol. The molecule has 0 radical (unpaired) electrons. The van der Waals surface area contributed by atoms with Gasteiger partial charge in [-0.2, -0.15) is 0 Å². The Hall–Kier alpha value is -2.18. The zero-order valence-corrected chi connectivity index (χ0v) is 14.3. The summed E-state index contributed by atoms with van der Waals surface area (Å²) in [5.74, 6) is 1.18. The van der Waals surface area contributed by atoms with Gasteiger partial charge in [0.05, 0.1) is 6.42 Å². The van der Waals surface area contributed by atoms with Crippen LogP contribution >= 0.6 is 11.6 Å². The van der Waals surface area contributed by atoms with E-state index in [0.717, 1.165) is 37.6 Å². The Kier molecular flexibility index (Phi) is 5.27. The summed E-state index contributed by atoms with van der Waals surface area (Å²) in [5.41, 5.74) is 0.902. The number of nitrogens with zero attached hydrogens (tertiary/aromatic N) is 4. The molecule has 2 heterocycles. The molecule has 1 fully saturated rings. The van der Waals surface area contributed by atoms with Crippen molar-refractivity contribution in [1.82, 2.24) is 15.1 Å². The van der Waals surface area contributed by atoms with Gasteiger partial charge in [0.25, 0.3) is 0 Å². The van der Waals surface area contributed by atoms with Gasteiger partial charge in [0.1, 0.15) is 0 Å². The van der Waals surface area contributed by atoms with Gasteiger partial charge in [0.2, 0.25) is 5.91 Å². The first-order valence-electron chi connectivity index (χ1n) is 7.92. The van der Waals surface area contributed by atoms with E-state index in [1.807, 2.05) is 18.2 Å². The van der Waals surface area contributed by atoms with Crippen LogP contribution in [0.1, 0.15) is 5.56 Å². The van der Waals surface area contributed by atoms with Gasteiger partial charge in [-0.15, -0.1) is 10.2 Å². The monoisotopic (exact) mass is 345 g/mol. The molecule has 1 amide bonds. The van der Waals surface area contributed by atoms with Crippen LogP contribution in [0, 0.1) is 0 Å². The molecule has 1 aliphatic rings. The summed E-state index contributed by atoms with van der Waals surface area (Å²) in [4.78, 5) is 16.5. The van der Waals surface area contributed by atoms with Crippen LogP contribution in [0.15, 0.2) is 36.4 Å². The smallest absolute Gasteiger partial charge is 0.229 e. The highest BCUT2D eigenvalue weighted by Gasteiger charge is 2.15. The molecule has 24 heavy (non-hydrogen) atoms. The van der Waals surface area contributed by atoms with Gasteiger partial charge in [0, 0.05) is 31.2 Å². The van der Waals surface area contributed by atoms with E-state index in [2.05, 4.69) is 32.4 Å². The third-order valence-corrected chi connectivity index (χ3v) is 4.28. The summed E-state index contributed by atoms with van der Waals surface area (Å²) in [5, 5.41) is 11.8. The van der Waals surface area contributed by atoms with Crippen LogP contribution in [0.4, 0.5) is 11.6 Å². The second-order valence-corrected chi connectivity index (χ2v) is 6.35. The average molecular weight is 346 g/mol. The van der Waals surface area contributed by atoms with E-state index in [0.29, 0.717) is 10.8 Å². The first-order valence-corrected chi connectivity index (χ1v) is 8.29. The molecular weight excluding hydrogens is 326 g/mol. The normalized spacial score (nSPS) is 15.3. The maximum atomic E-state index is 12.1. The summed E-state index contributed by atoms with van der Waals surface area (Å²) in [6.45, 7) is 3.91. The predicted octanol–water partition coefficient (Wildman–Crippen LogP) is 2.06. The molecule has 1 aromatic heterocycles. The van der Waals surface area contributed by atoms with Crippen LogP contribution < -0.4 is 10.2 Å². The fraction of sp³-hybridized carbons (Fsp3) is 0.353. The van der Waals surface area contributed by atoms with Crippen molar-refractivity contribution in [3.8, 4) is 0 Å². The molecule has 0 saturated carbocycles. The van der Waals surface area contributed by atoms with Gasteiger partial charge in [-0.1, -0.05) is 23.7 Å². The van der Waals surface area contributed by atoms with Gasteiger partial charge >= 0.3 is 0 Å². The molecule has 0 atom stereocenters. The maximum absolute atomic E-state index is 12.1. The number of benzene rings is 1. The summed E-state index contributed by atoms with van der Waals surface area (Å²) < 4.78 is 0. The number of anilines is 2. The van der Waals surface area contributed by atoms with Crippen molar-refractivity contribution in [1.29, 1.82) is 0 Å². The molecule has 2 aromatic rings. The number of aromatic nitrogens is 2. The van der Waals surface area contributed by atoms with E-state index in [-0.39, 0.29) is 12.3 Å². The number of carbonyl (C=O) groups excluding carboxylic acids is 1. The molecule has 1 saturated heterocycles. The van der Waals surface area contributed by atoms with Crippen molar-refractivity contribution >= 4 is 29.1 Å². The van der Waals surface area contributed by atoms with Crippen LogP contribution in [-0.2, 0) is 11.2 Å². The second kappa shape index (κ2) is 7.59. The second-order valence-electron chi connectivity index (χ2n) is 5.92. The van der Waals surface area contributed by atoms with Gasteiger partial charge in [-0.3, -0.25) is 4.79 Å². The minimum absolute atomic E-state index is 0.126. The molecule has 1 aromatic carbocycles. The molecule has 7 heteroatoms. The van der Waals surface area contributed by atoms with Crippen LogP contribution in [0.3, 0.4) is 0 Å². The van der Waals surface area contributed by atoms with Crippen molar-refractivity contribution in [2.75, 3.05) is 43.4 Å². The largest absolute Gasteiger partial charge is 0.353 e. The Balaban J connectivity index is 1.55. The lowest BCUT2D eigenvalue weighted by molar-refractivity contribution is -0.115. The first-order chi connectivity index (χ1) is 11.6. The van der Waals surface area contributed by atoms with Gasteiger partial charge < -0.3 is 15.1 Å². The van der Waals surface area contributed by atoms with Gasteiger partial charge in [0.15, 0.2) is 11.6 Å². The number of piperazine rings is 1. The van der Waals surface area contributed by atoms with Gasteiger partial charge in [-0.25, -0.2) is 0 Å². The molecule has 1 N–H and O–H groups in total. The molecule has 126 valence electrons. The highest BCUT2D eigenvalue weighted by atomic mass is 35.5. The SMILES string of the molecule is CN1CCN(c2ccc(NC(=O)Cc3ccc(Cl)cc3)nn2)CC1. The Bertz CT molecular complexity index is 681. The van der Waals surface area contributed by atoms with Gasteiger partial charge in [-0.05, 0) is 36.9 Å². The molecule has 3 rings (SSSR count). The molecule has 0 spiro atoms. The number of rotatable bonds is 4. The summed E-state index contributed by atoms with van der Waals surface area (Å²) in [6.07, 6.45) is 0.277. The minimum Gasteiger partial charge on any atom is -0.353 e. The number of amides is 1. The number of hydrogen-bond donors (Lipinski definition) is 1. The third kappa shape index (κ3) is 4.43. The van der Waals surface area contributed by atoms with Crippen molar-refractivity contribution in [2.24, 2.45) is 0 Å². The number of hydrogen-bond acceptors (Lipinski definition) is 5. The average Bonchev–Trinajstić information content (AvgIpc) is 2.58. The van der Waals surface area contributed by atoms with Crippen LogP contribution in [0.2, 0.25) is 5.02 Å². The highest BCUT2D eigenvalue weighted by Crippen LogP contribution is 2.14. The molecule has 1 aliphatic heterocycles. The van der Waals surface area contributed by atoms with Crippen LogP contribution in [0.5, 0.6) is 0 Å². The molecule has 0 aliphatic carbocycles. The molecule has 6 nitrogen and oxygen atoms in total. The Morgan fingerprint density at radius 2 is 1.79 bits per heavy atom. The third-order valence-electron chi connectivity index (χ3n) is 4.02. The molecule has 0 bridgehead atoms. The van der Waals surface area contributed by atoms with E-state index in [1.54, 1.807) is 18.2 Å². The van der Waals surface area contributed by atoms with E-state index < -0.39 is 0 Å². The lowest BCUT2D eigenvalue weighted by Crippen LogP contribution is -2.44.